The third-order valence-electron chi connectivity index (χ3n) is 1.74. The van der Waals surface area contributed by atoms with Crippen LogP contribution in [0, 0.1) is 0 Å². The number of esters is 1. The number of rotatable bonds is 5. The summed E-state index contributed by atoms with van der Waals surface area (Å²) >= 11 is 3.89. The van der Waals surface area contributed by atoms with Crippen molar-refractivity contribution in [3.05, 3.63) is 14.7 Å². The molecule has 0 radical (unpaired) electrons. The molecule has 0 aliphatic heterocycles. The van der Waals surface area contributed by atoms with Gasteiger partial charge in [-0.05, 0) is 22.4 Å². The summed E-state index contributed by atoms with van der Waals surface area (Å²) in [5.74, 6) is -0.757. The van der Waals surface area contributed by atoms with Gasteiger partial charge in [-0.2, -0.15) is 8.42 Å². The minimum atomic E-state index is -4.23. The van der Waals surface area contributed by atoms with Crippen LogP contribution in [0.15, 0.2) is 19.1 Å². The van der Waals surface area contributed by atoms with Crippen molar-refractivity contribution in [2.24, 2.45) is 4.40 Å². The third-order valence-corrected chi connectivity index (χ3v) is 5.28. The van der Waals surface area contributed by atoms with Crippen LogP contribution in [0.2, 0.25) is 0 Å². The molecule has 1 aromatic heterocycles. The highest BCUT2D eigenvalue weighted by molar-refractivity contribution is 9.10. The van der Waals surface area contributed by atoms with Gasteiger partial charge in [0.05, 0.1) is 6.61 Å². The van der Waals surface area contributed by atoms with Crippen LogP contribution in [0.1, 0.15) is 23.0 Å². The van der Waals surface area contributed by atoms with Crippen molar-refractivity contribution < 1.29 is 22.7 Å². The zero-order valence-electron chi connectivity index (χ0n) is 9.17. The normalized spacial score (nSPS) is 10.8. The molecular formula is C9H8BrNO5S2. The molecule has 1 aromatic rings. The van der Waals surface area contributed by atoms with Crippen LogP contribution in [-0.4, -0.2) is 27.1 Å². The van der Waals surface area contributed by atoms with E-state index in [-0.39, 0.29) is 20.9 Å². The van der Waals surface area contributed by atoms with Crippen molar-refractivity contribution in [3.8, 4) is 0 Å². The summed E-state index contributed by atoms with van der Waals surface area (Å²) in [4.78, 5) is 21.3. The van der Waals surface area contributed by atoms with Gasteiger partial charge in [0, 0.05) is 9.85 Å². The van der Waals surface area contributed by atoms with E-state index in [1.807, 2.05) is 6.92 Å². The number of nitrogens with zero attached hydrogens (tertiary/aromatic N) is 1. The van der Waals surface area contributed by atoms with Gasteiger partial charge >= 0.3 is 5.97 Å². The predicted octanol–water partition coefficient (Wildman–Crippen LogP) is 2.10. The molecule has 18 heavy (non-hydrogen) atoms. The van der Waals surface area contributed by atoms with E-state index in [9.17, 15) is 18.0 Å². The summed E-state index contributed by atoms with van der Waals surface area (Å²) in [6.07, 6.45) is 1.57. The maximum Gasteiger partial charge on any atom is 0.349 e. The molecule has 0 aliphatic carbocycles. The summed E-state index contributed by atoms with van der Waals surface area (Å²) in [6, 6.07) is 0. The van der Waals surface area contributed by atoms with Crippen LogP contribution in [0.25, 0.3) is 0 Å². The van der Waals surface area contributed by atoms with Crippen molar-refractivity contribution in [1.29, 1.82) is 0 Å². The molecule has 0 bridgehead atoms. The van der Waals surface area contributed by atoms with Crippen LogP contribution < -0.4 is 0 Å². The van der Waals surface area contributed by atoms with E-state index in [1.54, 1.807) is 0 Å². The largest absolute Gasteiger partial charge is 0.461 e. The standard InChI is InChI=1S/C9H8BrNO5S2/c1-2-3-16-9(13)7-8(6(10)4-17-7)18(14,15)11-5-12/h4H,2-3H2,1H3. The molecule has 0 aliphatic rings. The van der Waals surface area contributed by atoms with E-state index in [1.165, 1.54) is 5.38 Å². The van der Waals surface area contributed by atoms with Gasteiger partial charge in [-0.25, -0.2) is 9.59 Å². The number of halogens is 1. The number of thiophene rings is 1. The Labute approximate surface area is 116 Å². The predicted molar refractivity (Wildman–Crippen MR) is 67.9 cm³/mol. The van der Waals surface area contributed by atoms with Crippen molar-refractivity contribution in [2.75, 3.05) is 6.61 Å². The Kier molecular flexibility index (Phi) is 5.21. The Hall–Kier alpha value is -1.02. The molecule has 0 N–H and O–H groups in total. The maximum absolute atomic E-state index is 11.7. The highest BCUT2D eigenvalue weighted by atomic mass is 79.9. The Morgan fingerprint density at radius 2 is 2.28 bits per heavy atom. The molecule has 0 saturated heterocycles. The lowest BCUT2D eigenvalue weighted by Crippen LogP contribution is -2.09. The number of hydrogen-bond acceptors (Lipinski definition) is 6. The highest BCUT2D eigenvalue weighted by Gasteiger charge is 2.28. The minimum absolute atomic E-state index is 0.116. The van der Waals surface area contributed by atoms with Crippen molar-refractivity contribution in [2.45, 2.75) is 18.2 Å². The Bertz CT molecular complexity index is 600. The second-order valence-corrected chi connectivity index (χ2v) is 6.31. The molecule has 9 heteroatoms. The molecule has 0 amide bonds. The summed E-state index contributed by atoms with van der Waals surface area (Å²) < 4.78 is 31.0. The fraction of sp³-hybridized carbons (Fsp3) is 0.333. The van der Waals surface area contributed by atoms with Gasteiger partial charge in [-0.3, -0.25) is 0 Å². The molecular weight excluding hydrogens is 346 g/mol. The van der Waals surface area contributed by atoms with Crippen LogP contribution in [0.5, 0.6) is 0 Å². The number of sulfonamides is 1. The van der Waals surface area contributed by atoms with Crippen molar-refractivity contribution >= 4 is 49.3 Å². The van der Waals surface area contributed by atoms with Crippen LogP contribution in [0.4, 0.5) is 0 Å². The first-order chi connectivity index (χ1) is 8.44. The van der Waals surface area contributed by atoms with Gasteiger partial charge in [-0.15, -0.1) is 11.3 Å². The van der Waals surface area contributed by atoms with Gasteiger partial charge in [0.1, 0.15) is 9.77 Å². The van der Waals surface area contributed by atoms with E-state index < -0.39 is 16.0 Å². The lowest BCUT2D eigenvalue weighted by Gasteiger charge is -2.02. The van der Waals surface area contributed by atoms with Crippen molar-refractivity contribution in [3.63, 3.8) is 0 Å². The average Bonchev–Trinajstić information content (AvgIpc) is 2.68. The van der Waals surface area contributed by atoms with Crippen LogP contribution in [0.3, 0.4) is 0 Å². The second kappa shape index (κ2) is 6.24. The number of carbonyl (C=O) groups excluding carboxylic acids is 2. The Morgan fingerprint density at radius 1 is 1.61 bits per heavy atom. The molecule has 0 atom stereocenters. The quantitative estimate of drug-likeness (QED) is 0.459. The van der Waals surface area contributed by atoms with E-state index in [2.05, 4.69) is 20.3 Å². The Balaban J connectivity index is 3.25. The molecule has 1 rings (SSSR count). The zero-order valence-corrected chi connectivity index (χ0v) is 12.4. The Morgan fingerprint density at radius 3 is 2.83 bits per heavy atom. The molecule has 1 heterocycles. The minimum Gasteiger partial charge on any atom is -0.461 e. The van der Waals surface area contributed by atoms with Gasteiger partial charge in [0.25, 0.3) is 16.1 Å². The number of carbonyl (C=O) groups is 1. The number of hydrogen-bond donors (Lipinski definition) is 0. The summed E-state index contributed by atoms with van der Waals surface area (Å²) in [5.41, 5.74) is 0. The first kappa shape index (κ1) is 15.0. The van der Waals surface area contributed by atoms with Gasteiger partial charge in [-0.1, -0.05) is 11.3 Å². The van der Waals surface area contributed by atoms with Crippen LogP contribution >= 0.6 is 27.3 Å². The monoisotopic (exact) mass is 353 g/mol. The topological polar surface area (TPSA) is 89.9 Å². The highest BCUT2D eigenvalue weighted by Crippen LogP contribution is 2.33. The summed E-state index contributed by atoms with van der Waals surface area (Å²) in [7, 11) is -4.23. The fourth-order valence-corrected chi connectivity index (χ4v) is 4.34. The zero-order chi connectivity index (χ0) is 13.8. The van der Waals surface area contributed by atoms with E-state index >= 15 is 0 Å². The fourth-order valence-electron chi connectivity index (χ4n) is 1.06. The lowest BCUT2D eigenvalue weighted by atomic mass is 10.4. The molecule has 0 spiro atoms. The first-order valence-electron chi connectivity index (χ1n) is 4.72. The van der Waals surface area contributed by atoms with E-state index in [0.29, 0.717) is 6.42 Å². The first-order valence-corrected chi connectivity index (χ1v) is 7.83. The van der Waals surface area contributed by atoms with Gasteiger partial charge in [0.2, 0.25) is 0 Å². The maximum atomic E-state index is 11.7. The SMILES string of the molecule is CCCOC(=O)c1scc(Br)c1S(=O)(=O)N=C=O. The number of isocyanates is 1. The smallest absolute Gasteiger partial charge is 0.349 e. The molecule has 98 valence electrons. The lowest BCUT2D eigenvalue weighted by molar-refractivity contribution is 0.0506. The molecule has 0 unspecified atom stereocenters. The molecule has 0 aromatic carbocycles. The molecule has 6 nitrogen and oxygen atoms in total. The summed E-state index contributed by atoms with van der Waals surface area (Å²) in [5, 5.41) is 1.41. The van der Waals surface area contributed by atoms with Crippen LogP contribution in [-0.2, 0) is 19.6 Å². The second-order valence-electron chi connectivity index (χ2n) is 3.04. The van der Waals surface area contributed by atoms with E-state index in [0.717, 1.165) is 17.4 Å². The summed E-state index contributed by atoms with van der Waals surface area (Å²) in [6.45, 7) is 2.00. The molecule has 0 saturated carbocycles. The van der Waals surface area contributed by atoms with Gasteiger partial charge < -0.3 is 4.74 Å². The van der Waals surface area contributed by atoms with Gasteiger partial charge in [0.15, 0.2) is 0 Å². The average molecular weight is 354 g/mol. The number of ether oxygens (including phenoxy) is 1. The van der Waals surface area contributed by atoms with E-state index in [4.69, 9.17) is 4.74 Å². The third kappa shape index (κ3) is 3.26. The van der Waals surface area contributed by atoms with Crippen molar-refractivity contribution in [1.82, 2.24) is 0 Å². The molecule has 0 fully saturated rings.